The van der Waals surface area contributed by atoms with Crippen molar-refractivity contribution < 1.29 is 9.15 Å². The SMILES string of the molecule is Cc1c2c(cc3c4c(c(=O)oc13)CCC4)CN(c1ncccn1)CO2. The van der Waals surface area contributed by atoms with Gasteiger partial charge >= 0.3 is 5.63 Å². The van der Waals surface area contributed by atoms with Crippen LogP contribution in [0.25, 0.3) is 11.0 Å². The van der Waals surface area contributed by atoms with E-state index in [0.29, 0.717) is 24.8 Å². The lowest BCUT2D eigenvalue weighted by Gasteiger charge is -2.30. The van der Waals surface area contributed by atoms with E-state index < -0.39 is 0 Å². The summed E-state index contributed by atoms with van der Waals surface area (Å²) < 4.78 is 11.6. The van der Waals surface area contributed by atoms with E-state index in [9.17, 15) is 4.79 Å². The topological polar surface area (TPSA) is 68.5 Å². The van der Waals surface area contributed by atoms with E-state index in [1.807, 2.05) is 11.8 Å². The monoisotopic (exact) mass is 335 g/mol. The fourth-order valence-electron chi connectivity index (χ4n) is 3.92. The van der Waals surface area contributed by atoms with E-state index in [4.69, 9.17) is 9.15 Å². The number of rotatable bonds is 1. The highest BCUT2D eigenvalue weighted by Crippen LogP contribution is 2.38. The van der Waals surface area contributed by atoms with E-state index in [-0.39, 0.29) is 5.63 Å². The molecule has 0 radical (unpaired) electrons. The number of hydrogen-bond acceptors (Lipinski definition) is 6. The standard InChI is InChI=1S/C19H17N3O3/c1-11-16-12(9-22(10-24-16)19-20-6-3-7-21-19)8-15-13-4-2-5-14(13)18(23)25-17(11)15/h3,6-8H,2,4-5,9-10H2,1H3. The Hall–Kier alpha value is -2.89. The van der Waals surface area contributed by atoms with E-state index >= 15 is 0 Å². The molecular weight excluding hydrogens is 318 g/mol. The smallest absolute Gasteiger partial charge is 0.339 e. The molecule has 126 valence electrons. The minimum atomic E-state index is -0.196. The van der Waals surface area contributed by atoms with Crippen LogP contribution >= 0.6 is 0 Å². The maximum atomic E-state index is 12.3. The minimum absolute atomic E-state index is 0.196. The molecule has 2 aromatic heterocycles. The Morgan fingerprint density at radius 2 is 1.96 bits per heavy atom. The van der Waals surface area contributed by atoms with Crippen molar-refractivity contribution in [2.75, 3.05) is 11.6 Å². The Morgan fingerprint density at radius 3 is 2.80 bits per heavy atom. The predicted molar refractivity (Wildman–Crippen MR) is 93.0 cm³/mol. The Morgan fingerprint density at radius 1 is 1.16 bits per heavy atom. The van der Waals surface area contributed by atoms with Crippen molar-refractivity contribution in [1.29, 1.82) is 0 Å². The van der Waals surface area contributed by atoms with E-state index in [0.717, 1.165) is 52.7 Å². The highest BCUT2D eigenvalue weighted by Gasteiger charge is 2.26. The molecule has 0 spiro atoms. The summed E-state index contributed by atoms with van der Waals surface area (Å²) in [6.45, 7) is 3.00. The fraction of sp³-hybridized carbons (Fsp3) is 0.316. The molecule has 25 heavy (non-hydrogen) atoms. The predicted octanol–water partition coefficient (Wildman–Crippen LogP) is 2.74. The molecule has 0 amide bonds. The van der Waals surface area contributed by atoms with Gasteiger partial charge in [0, 0.05) is 34.5 Å². The molecule has 2 aliphatic rings. The molecule has 1 aromatic carbocycles. The second kappa shape index (κ2) is 5.31. The summed E-state index contributed by atoms with van der Waals surface area (Å²) in [5, 5.41) is 1.04. The van der Waals surface area contributed by atoms with Crippen LogP contribution in [0, 0.1) is 6.92 Å². The van der Waals surface area contributed by atoms with Crippen molar-refractivity contribution in [3.8, 4) is 5.75 Å². The molecule has 6 nitrogen and oxygen atoms in total. The first-order valence-corrected chi connectivity index (χ1v) is 8.48. The summed E-state index contributed by atoms with van der Waals surface area (Å²) >= 11 is 0. The summed E-state index contributed by atoms with van der Waals surface area (Å²) in [4.78, 5) is 22.9. The van der Waals surface area contributed by atoms with Crippen LogP contribution in [0.5, 0.6) is 5.75 Å². The first kappa shape index (κ1) is 14.5. The number of nitrogens with zero attached hydrogens (tertiary/aromatic N) is 3. The molecule has 1 aliphatic heterocycles. The molecule has 0 saturated carbocycles. The number of aromatic nitrogens is 2. The average Bonchev–Trinajstić information content (AvgIpc) is 3.14. The van der Waals surface area contributed by atoms with Crippen LogP contribution in [-0.2, 0) is 19.4 Å². The van der Waals surface area contributed by atoms with E-state index in [2.05, 4.69) is 16.0 Å². The number of benzene rings is 1. The van der Waals surface area contributed by atoms with Gasteiger partial charge in [0.15, 0.2) is 6.73 Å². The molecule has 0 N–H and O–H groups in total. The van der Waals surface area contributed by atoms with Crippen molar-refractivity contribution >= 4 is 16.9 Å². The maximum Gasteiger partial charge on any atom is 0.339 e. The lowest BCUT2D eigenvalue weighted by Crippen LogP contribution is -2.33. The van der Waals surface area contributed by atoms with Gasteiger partial charge in [-0.15, -0.1) is 0 Å². The van der Waals surface area contributed by atoms with Crippen LogP contribution in [0.3, 0.4) is 0 Å². The summed E-state index contributed by atoms with van der Waals surface area (Å²) in [6.07, 6.45) is 6.21. The van der Waals surface area contributed by atoms with Gasteiger partial charge in [0.05, 0.1) is 6.54 Å². The summed E-state index contributed by atoms with van der Waals surface area (Å²) in [7, 11) is 0. The van der Waals surface area contributed by atoms with Crippen molar-refractivity contribution in [3.63, 3.8) is 0 Å². The van der Waals surface area contributed by atoms with Crippen LogP contribution < -0.4 is 15.3 Å². The van der Waals surface area contributed by atoms with Crippen LogP contribution in [0.15, 0.2) is 33.7 Å². The Balaban J connectivity index is 1.68. The number of hydrogen-bond donors (Lipinski definition) is 0. The molecule has 6 heteroatoms. The largest absolute Gasteiger partial charge is 0.472 e. The zero-order valence-electron chi connectivity index (χ0n) is 13.9. The van der Waals surface area contributed by atoms with Gasteiger partial charge in [0.25, 0.3) is 0 Å². The number of ether oxygens (including phenoxy) is 1. The third kappa shape index (κ3) is 2.13. The average molecular weight is 335 g/mol. The molecule has 3 aromatic rings. The third-order valence-corrected chi connectivity index (χ3v) is 5.08. The summed E-state index contributed by atoms with van der Waals surface area (Å²) in [5.74, 6) is 1.46. The molecule has 1 aliphatic carbocycles. The molecule has 0 bridgehead atoms. The van der Waals surface area contributed by atoms with Gasteiger partial charge < -0.3 is 14.1 Å². The second-order valence-electron chi connectivity index (χ2n) is 6.59. The zero-order valence-corrected chi connectivity index (χ0v) is 13.9. The summed E-state index contributed by atoms with van der Waals surface area (Å²) in [6, 6.07) is 3.91. The van der Waals surface area contributed by atoms with Crippen LogP contribution in [-0.4, -0.2) is 16.7 Å². The van der Waals surface area contributed by atoms with Crippen LogP contribution in [0.4, 0.5) is 5.95 Å². The molecule has 5 rings (SSSR count). The first-order chi connectivity index (χ1) is 12.2. The maximum absolute atomic E-state index is 12.3. The van der Waals surface area contributed by atoms with Gasteiger partial charge in [-0.3, -0.25) is 0 Å². The van der Waals surface area contributed by atoms with Gasteiger partial charge in [-0.2, -0.15) is 0 Å². The normalized spacial score (nSPS) is 15.8. The van der Waals surface area contributed by atoms with Gasteiger partial charge in [-0.25, -0.2) is 14.8 Å². The lowest BCUT2D eigenvalue weighted by molar-refractivity contribution is 0.285. The Labute approximate surface area is 144 Å². The van der Waals surface area contributed by atoms with Gasteiger partial charge in [-0.05, 0) is 43.9 Å². The highest BCUT2D eigenvalue weighted by molar-refractivity contribution is 5.87. The third-order valence-electron chi connectivity index (χ3n) is 5.08. The van der Waals surface area contributed by atoms with Gasteiger partial charge in [0.2, 0.25) is 5.95 Å². The van der Waals surface area contributed by atoms with Crippen molar-refractivity contribution in [3.05, 3.63) is 57.2 Å². The quantitative estimate of drug-likeness (QED) is 0.637. The molecule has 0 atom stereocenters. The Kier molecular flexibility index (Phi) is 3.07. The Bertz CT molecular complexity index is 1040. The molecule has 3 heterocycles. The zero-order chi connectivity index (χ0) is 17.0. The summed E-state index contributed by atoms with van der Waals surface area (Å²) in [5.41, 5.74) is 4.42. The fourth-order valence-corrected chi connectivity index (χ4v) is 3.92. The van der Waals surface area contributed by atoms with Gasteiger partial charge in [-0.1, -0.05) is 0 Å². The number of fused-ring (bicyclic) bond motifs is 4. The van der Waals surface area contributed by atoms with Gasteiger partial charge in [0.1, 0.15) is 11.3 Å². The van der Waals surface area contributed by atoms with E-state index in [1.54, 1.807) is 18.5 Å². The highest BCUT2D eigenvalue weighted by atomic mass is 16.5. The van der Waals surface area contributed by atoms with Crippen molar-refractivity contribution in [2.45, 2.75) is 32.7 Å². The lowest BCUT2D eigenvalue weighted by atomic mass is 9.99. The first-order valence-electron chi connectivity index (χ1n) is 8.48. The number of aryl methyl sites for hydroxylation is 2. The molecular formula is C19H17N3O3. The molecule has 0 fully saturated rings. The van der Waals surface area contributed by atoms with Crippen molar-refractivity contribution in [2.24, 2.45) is 0 Å². The van der Waals surface area contributed by atoms with Crippen LogP contribution in [0.1, 0.15) is 28.7 Å². The van der Waals surface area contributed by atoms with Crippen LogP contribution in [0.2, 0.25) is 0 Å². The number of anilines is 1. The second-order valence-corrected chi connectivity index (χ2v) is 6.59. The van der Waals surface area contributed by atoms with Crippen molar-refractivity contribution in [1.82, 2.24) is 9.97 Å². The molecule has 0 saturated heterocycles. The molecule has 0 unspecified atom stereocenters. The minimum Gasteiger partial charge on any atom is -0.472 e. The van der Waals surface area contributed by atoms with E-state index in [1.165, 1.54) is 0 Å².